The lowest BCUT2D eigenvalue weighted by molar-refractivity contribution is -0.132. The molecule has 0 aliphatic carbocycles. The highest BCUT2D eigenvalue weighted by molar-refractivity contribution is 5.78. The van der Waals surface area contributed by atoms with Crippen molar-refractivity contribution in [2.75, 3.05) is 13.7 Å². The van der Waals surface area contributed by atoms with E-state index in [1.54, 1.807) is 12.3 Å². The highest BCUT2D eigenvalue weighted by Gasteiger charge is 2.33. The van der Waals surface area contributed by atoms with Gasteiger partial charge in [0.25, 0.3) is 5.88 Å². The Bertz CT molecular complexity index is 1080. The first-order chi connectivity index (χ1) is 15.6. The molecule has 0 saturated carbocycles. The van der Waals surface area contributed by atoms with Crippen molar-refractivity contribution in [1.29, 1.82) is 0 Å². The van der Waals surface area contributed by atoms with Gasteiger partial charge in [-0.25, -0.2) is 9.97 Å². The predicted molar refractivity (Wildman–Crippen MR) is 119 cm³/mol. The molecule has 1 fully saturated rings. The second-order valence-corrected chi connectivity index (χ2v) is 8.11. The zero-order valence-electron chi connectivity index (χ0n) is 18.9. The Morgan fingerprint density at radius 1 is 1.28 bits per heavy atom. The number of likely N-dealkylation sites (tertiary alicyclic amines) is 1. The van der Waals surface area contributed by atoms with E-state index in [1.165, 1.54) is 7.11 Å². The third kappa shape index (κ3) is 4.64. The number of carbonyl (C=O) groups excluding carboxylic acids is 1. The molecule has 1 amide bonds. The molecule has 0 bridgehead atoms. The van der Waals surface area contributed by atoms with E-state index in [9.17, 15) is 4.79 Å². The SMILES string of the molecule is CCCc1ncc(-c2ccncc2C)c([C@@H]2CCCN2C(=O)CCc2cc(OC)no2)n1. The molecule has 8 heteroatoms. The molecular formula is C24H29N5O3. The third-order valence-electron chi connectivity index (χ3n) is 5.87. The van der Waals surface area contributed by atoms with E-state index in [0.29, 0.717) is 24.5 Å². The van der Waals surface area contributed by atoms with Crippen LogP contribution in [0.1, 0.15) is 61.5 Å². The van der Waals surface area contributed by atoms with Crippen LogP contribution in [-0.4, -0.2) is 44.6 Å². The standard InChI is InChI=1S/C24H29N5O3/c1-4-6-21-26-15-19(18-10-11-25-14-16(18)2)24(27-21)20-7-5-12-29(20)23(30)9-8-17-13-22(31-3)28-32-17/h10-11,13-15,20H,4-9,12H2,1-3H3/t20-/m0/s1. The summed E-state index contributed by atoms with van der Waals surface area (Å²) in [5.74, 6) is 1.99. The van der Waals surface area contributed by atoms with Crippen molar-refractivity contribution >= 4 is 5.91 Å². The predicted octanol–water partition coefficient (Wildman–Crippen LogP) is 4.09. The largest absolute Gasteiger partial charge is 0.479 e. The average Bonchev–Trinajstić information content (AvgIpc) is 3.48. The molecule has 1 aliphatic heterocycles. The molecule has 1 atom stereocenters. The zero-order valence-corrected chi connectivity index (χ0v) is 18.9. The fourth-order valence-corrected chi connectivity index (χ4v) is 4.25. The van der Waals surface area contributed by atoms with Crippen molar-refractivity contribution in [2.24, 2.45) is 0 Å². The normalized spacial score (nSPS) is 15.8. The summed E-state index contributed by atoms with van der Waals surface area (Å²) in [6, 6.07) is 3.66. The fraction of sp³-hybridized carbons (Fsp3) is 0.458. The van der Waals surface area contributed by atoms with Gasteiger partial charge in [-0.05, 0) is 48.5 Å². The van der Waals surface area contributed by atoms with E-state index >= 15 is 0 Å². The number of methoxy groups -OCH3 is 1. The molecule has 8 nitrogen and oxygen atoms in total. The summed E-state index contributed by atoms with van der Waals surface area (Å²) in [6.45, 7) is 4.88. The van der Waals surface area contributed by atoms with Crippen molar-refractivity contribution in [2.45, 2.75) is 58.4 Å². The number of amides is 1. The van der Waals surface area contributed by atoms with E-state index in [2.05, 4.69) is 22.0 Å². The van der Waals surface area contributed by atoms with Crippen LogP contribution in [0, 0.1) is 6.92 Å². The second kappa shape index (κ2) is 9.89. The van der Waals surface area contributed by atoms with Gasteiger partial charge in [0.15, 0.2) is 0 Å². The van der Waals surface area contributed by atoms with Gasteiger partial charge in [0.1, 0.15) is 11.6 Å². The van der Waals surface area contributed by atoms with E-state index < -0.39 is 0 Å². The van der Waals surface area contributed by atoms with Gasteiger partial charge in [-0.1, -0.05) is 6.92 Å². The maximum atomic E-state index is 13.2. The first-order valence-electron chi connectivity index (χ1n) is 11.2. The van der Waals surface area contributed by atoms with Crippen LogP contribution in [0.15, 0.2) is 35.2 Å². The minimum absolute atomic E-state index is 0.0621. The van der Waals surface area contributed by atoms with Crippen LogP contribution in [0.5, 0.6) is 5.88 Å². The number of hydrogen-bond donors (Lipinski definition) is 0. The van der Waals surface area contributed by atoms with Gasteiger partial charge < -0.3 is 14.2 Å². The average molecular weight is 436 g/mol. The maximum absolute atomic E-state index is 13.2. The Morgan fingerprint density at radius 2 is 2.16 bits per heavy atom. The second-order valence-electron chi connectivity index (χ2n) is 8.11. The molecule has 0 radical (unpaired) electrons. The van der Waals surface area contributed by atoms with Crippen molar-refractivity contribution in [3.8, 4) is 17.0 Å². The van der Waals surface area contributed by atoms with Crippen molar-refractivity contribution in [3.05, 3.63) is 53.6 Å². The summed E-state index contributed by atoms with van der Waals surface area (Å²) in [7, 11) is 1.54. The molecule has 1 aliphatic rings. The highest BCUT2D eigenvalue weighted by Crippen LogP contribution is 2.37. The maximum Gasteiger partial charge on any atom is 0.254 e. The summed E-state index contributed by atoms with van der Waals surface area (Å²) >= 11 is 0. The van der Waals surface area contributed by atoms with Crippen LogP contribution >= 0.6 is 0 Å². The lowest BCUT2D eigenvalue weighted by atomic mass is 9.97. The van der Waals surface area contributed by atoms with Crippen LogP contribution in [0.2, 0.25) is 0 Å². The molecule has 1 saturated heterocycles. The molecule has 4 rings (SSSR count). The Morgan fingerprint density at radius 3 is 2.91 bits per heavy atom. The van der Waals surface area contributed by atoms with Gasteiger partial charge in [0.05, 0.1) is 18.8 Å². The number of aryl methyl sites for hydroxylation is 3. The minimum Gasteiger partial charge on any atom is -0.479 e. The highest BCUT2D eigenvalue weighted by atomic mass is 16.5. The van der Waals surface area contributed by atoms with Gasteiger partial charge in [0.2, 0.25) is 5.91 Å². The third-order valence-corrected chi connectivity index (χ3v) is 5.87. The number of ether oxygens (including phenoxy) is 1. The van der Waals surface area contributed by atoms with Crippen molar-refractivity contribution in [3.63, 3.8) is 0 Å². The lowest BCUT2D eigenvalue weighted by Gasteiger charge is -2.26. The van der Waals surface area contributed by atoms with Crippen LogP contribution < -0.4 is 4.74 Å². The molecule has 0 N–H and O–H groups in total. The Balaban J connectivity index is 1.61. The summed E-state index contributed by atoms with van der Waals surface area (Å²) in [6.07, 6.45) is 10.0. The first kappa shape index (κ1) is 21.9. The molecule has 3 aromatic heterocycles. The molecule has 168 valence electrons. The summed E-state index contributed by atoms with van der Waals surface area (Å²) in [4.78, 5) is 28.9. The number of hydrogen-bond acceptors (Lipinski definition) is 7. The van der Waals surface area contributed by atoms with Gasteiger partial charge >= 0.3 is 0 Å². The molecule has 0 aromatic carbocycles. The van der Waals surface area contributed by atoms with E-state index in [4.69, 9.17) is 14.2 Å². The van der Waals surface area contributed by atoms with Gasteiger partial charge in [-0.15, -0.1) is 0 Å². The lowest BCUT2D eigenvalue weighted by Crippen LogP contribution is -2.31. The molecule has 4 heterocycles. The van der Waals surface area contributed by atoms with E-state index in [0.717, 1.165) is 60.4 Å². The van der Waals surface area contributed by atoms with Crippen molar-refractivity contribution < 1.29 is 14.1 Å². The Hall–Kier alpha value is -3.29. The Kier molecular flexibility index (Phi) is 6.78. The van der Waals surface area contributed by atoms with Gasteiger partial charge in [-0.2, -0.15) is 0 Å². The van der Waals surface area contributed by atoms with Crippen molar-refractivity contribution in [1.82, 2.24) is 25.0 Å². The number of nitrogens with zero attached hydrogens (tertiary/aromatic N) is 5. The summed E-state index contributed by atoms with van der Waals surface area (Å²) in [5.41, 5.74) is 4.04. The molecular weight excluding hydrogens is 406 g/mol. The van der Waals surface area contributed by atoms with Crippen LogP contribution in [0.25, 0.3) is 11.1 Å². The zero-order chi connectivity index (χ0) is 22.5. The van der Waals surface area contributed by atoms with Gasteiger partial charge in [-0.3, -0.25) is 9.78 Å². The van der Waals surface area contributed by atoms with Crippen LogP contribution in [-0.2, 0) is 17.6 Å². The summed E-state index contributed by atoms with van der Waals surface area (Å²) < 4.78 is 10.3. The van der Waals surface area contributed by atoms with E-state index in [1.807, 2.05) is 30.3 Å². The number of carbonyl (C=O) groups is 1. The smallest absolute Gasteiger partial charge is 0.254 e. The molecule has 3 aromatic rings. The number of aromatic nitrogens is 4. The fourth-order valence-electron chi connectivity index (χ4n) is 4.25. The topological polar surface area (TPSA) is 94.2 Å². The number of pyridine rings is 1. The monoisotopic (exact) mass is 435 g/mol. The first-order valence-corrected chi connectivity index (χ1v) is 11.2. The number of rotatable bonds is 8. The minimum atomic E-state index is -0.0621. The Labute approximate surface area is 188 Å². The van der Waals surface area contributed by atoms with Crippen LogP contribution in [0.4, 0.5) is 0 Å². The van der Waals surface area contributed by atoms with Crippen LogP contribution in [0.3, 0.4) is 0 Å². The quantitative estimate of drug-likeness (QED) is 0.526. The van der Waals surface area contributed by atoms with E-state index in [-0.39, 0.29) is 11.9 Å². The molecule has 0 unspecified atom stereocenters. The molecule has 0 spiro atoms. The van der Waals surface area contributed by atoms with Gasteiger partial charge in [0, 0.05) is 56.0 Å². The molecule has 32 heavy (non-hydrogen) atoms. The summed E-state index contributed by atoms with van der Waals surface area (Å²) in [5, 5.41) is 3.81.